The van der Waals surface area contributed by atoms with E-state index in [1.54, 1.807) is 16.2 Å². The maximum Gasteiger partial charge on any atom is 0.281 e. The van der Waals surface area contributed by atoms with Gasteiger partial charge in [-0.3, -0.25) is 4.79 Å². The summed E-state index contributed by atoms with van der Waals surface area (Å²) in [4.78, 5) is 21.2. The highest BCUT2D eigenvalue weighted by atomic mass is 32.1. The van der Waals surface area contributed by atoms with Crippen LogP contribution >= 0.6 is 11.3 Å². The lowest BCUT2D eigenvalue weighted by molar-refractivity contribution is -0.913. The van der Waals surface area contributed by atoms with E-state index in [2.05, 4.69) is 11.9 Å². The van der Waals surface area contributed by atoms with Crippen molar-refractivity contribution in [2.45, 2.75) is 40.3 Å². The summed E-state index contributed by atoms with van der Waals surface area (Å²) in [5, 5.41) is 0.697. The number of ether oxygens (including phenoxy) is 1. The number of aryl methyl sites for hydroxylation is 1. The van der Waals surface area contributed by atoms with Gasteiger partial charge in [0.15, 0.2) is 5.82 Å². The van der Waals surface area contributed by atoms with E-state index in [0.29, 0.717) is 11.2 Å². The van der Waals surface area contributed by atoms with E-state index in [1.807, 2.05) is 32.0 Å². The van der Waals surface area contributed by atoms with Crippen molar-refractivity contribution in [3.8, 4) is 5.75 Å². The van der Waals surface area contributed by atoms with Gasteiger partial charge in [0.05, 0.1) is 23.4 Å². The summed E-state index contributed by atoms with van der Waals surface area (Å²) in [5.41, 5.74) is 3.22. The number of nitrogens with one attached hydrogen (secondary N) is 1. The van der Waals surface area contributed by atoms with E-state index in [4.69, 9.17) is 10.6 Å². The number of rotatable bonds is 4. The minimum atomic E-state index is -0.169. The van der Waals surface area contributed by atoms with Crippen LogP contribution in [0.1, 0.15) is 34.3 Å². The Morgan fingerprint density at radius 2 is 2.19 bits per heavy atom. The fourth-order valence-corrected chi connectivity index (χ4v) is 4.96. The van der Waals surface area contributed by atoms with E-state index in [1.165, 1.54) is 4.88 Å². The number of hydrogen-bond acceptors (Lipinski definition) is 5. The van der Waals surface area contributed by atoms with Crippen LogP contribution in [0.15, 0.2) is 23.0 Å². The molecule has 3 aromatic rings. The van der Waals surface area contributed by atoms with Crippen molar-refractivity contribution < 1.29 is 9.64 Å². The first kappa shape index (κ1) is 18.0. The van der Waals surface area contributed by atoms with E-state index in [-0.39, 0.29) is 12.2 Å². The molecule has 2 aromatic heterocycles. The Hall–Kier alpha value is -2.38. The topological polar surface area (TPSA) is 74.6 Å². The average molecular weight is 386 g/mol. The van der Waals surface area contributed by atoms with Crippen LogP contribution in [0.5, 0.6) is 5.75 Å². The Kier molecular flexibility index (Phi) is 4.65. The highest BCUT2D eigenvalue weighted by Crippen LogP contribution is 2.29. The Balaban J connectivity index is 1.69. The van der Waals surface area contributed by atoms with Crippen LogP contribution in [0.4, 0.5) is 0 Å². The Morgan fingerprint density at radius 3 is 2.96 bits per heavy atom. The number of likely N-dealkylation sites (N-methyl/N-ethyl adjacent to an activating group) is 1. The molecule has 0 saturated heterocycles. The molecule has 4 rings (SSSR count). The normalized spacial score (nSPS) is 16.5. The zero-order valence-electron chi connectivity index (χ0n) is 16.0. The molecular formula is C20H25N4O2S+. The minimum absolute atomic E-state index is 0.168. The number of nitrogens with zero attached hydrogens (tertiary/aromatic N) is 2. The minimum Gasteiger partial charge on any atom is -0.485 e. The Bertz CT molecular complexity index is 1070. The van der Waals surface area contributed by atoms with Gasteiger partial charge >= 0.3 is 0 Å². The zero-order chi connectivity index (χ0) is 19.1. The van der Waals surface area contributed by atoms with Gasteiger partial charge in [-0.05, 0) is 43.5 Å². The second kappa shape index (κ2) is 6.98. The summed E-state index contributed by atoms with van der Waals surface area (Å²) in [7, 11) is 0. The van der Waals surface area contributed by atoms with Crippen molar-refractivity contribution in [1.82, 2.24) is 9.66 Å². The third-order valence-electron chi connectivity index (χ3n) is 5.56. The highest BCUT2D eigenvalue weighted by Gasteiger charge is 2.26. The Labute approximate surface area is 162 Å². The van der Waals surface area contributed by atoms with Crippen LogP contribution in [-0.2, 0) is 19.6 Å². The molecule has 1 unspecified atom stereocenters. The van der Waals surface area contributed by atoms with Crippen LogP contribution < -0.4 is 21.0 Å². The molecule has 3 N–H and O–H groups in total. The van der Waals surface area contributed by atoms with Gasteiger partial charge in [0.1, 0.15) is 23.7 Å². The van der Waals surface area contributed by atoms with Gasteiger partial charge < -0.3 is 15.5 Å². The lowest BCUT2D eigenvalue weighted by atomic mass is 10.1. The van der Waals surface area contributed by atoms with Crippen LogP contribution in [-0.4, -0.2) is 22.7 Å². The van der Waals surface area contributed by atoms with Crippen molar-refractivity contribution in [3.05, 3.63) is 55.9 Å². The molecule has 27 heavy (non-hydrogen) atoms. The first-order chi connectivity index (χ1) is 13.0. The van der Waals surface area contributed by atoms with Crippen molar-refractivity contribution in [3.63, 3.8) is 0 Å². The van der Waals surface area contributed by atoms with E-state index < -0.39 is 0 Å². The van der Waals surface area contributed by atoms with Crippen LogP contribution in [0.3, 0.4) is 0 Å². The summed E-state index contributed by atoms with van der Waals surface area (Å²) in [6.07, 6.45) is 0.910. The first-order valence-electron chi connectivity index (χ1n) is 9.33. The monoisotopic (exact) mass is 385 g/mol. The molecule has 1 aromatic carbocycles. The number of nitrogens with two attached hydrogens (primary N) is 1. The highest BCUT2D eigenvalue weighted by molar-refractivity contribution is 7.18. The second-order valence-electron chi connectivity index (χ2n) is 7.15. The molecule has 6 nitrogen and oxygen atoms in total. The van der Waals surface area contributed by atoms with Crippen LogP contribution in [0.2, 0.25) is 0 Å². The van der Waals surface area contributed by atoms with Gasteiger partial charge in [0.25, 0.3) is 5.56 Å². The van der Waals surface area contributed by atoms with Gasteiger partial charge in [-0.2, -0.15) is 0 Å². The molecule has 1 aliphatic heterocycles. The average Bonchev–Trinajstić information content (AvgIpc) is 3.03. The summed E-state index contributed by atoms with van der Waals surface area (Å²) >= 11 is 1.63. The van der Waals surface area contributed by atoms with Crippen molar-refractivity contribution >= 4 is 21.6 Å². The lowest BCUT2D eigenvalue weighted by Crippen LogP contribution is -3.11. The fourth-order valence-electron chi connectivity index (χ4n) is 3.66. The predicted octanol–water partition coefficient (Wildman–Crippen LogP) is 1.33. The van der Waals surface area contributed by atoms with Gasteiger partial charge in [-0.1, -0.05) is 12.1 Å². The van der Waals surface area contributed by atoms with E-state index >= 15 is 0 Å². The quantitative estimate of drug-likeness (QED) is 0.665. The molecule has 0 amide bonds. The fraction of sp³-hybridized carbons (Fsp3) is 0.400. The van der Waals surface area contributed by atoms with Gasteiger partial charge in [-0.15, -0.1) is 11.3 Å². The second-order valence-corrected chi connectivity index (χ2v) is 8.24. The number of fused-ring (bicyclic) bond motifs is 3. The SMILES string of the molecule is CC[NH+]1CCc2c(sc3nc(COc4cccc(C)c4C)n(N)c(=O)c23)C1. The molecule has 0 aliphatic carbocycles. The van der Waals surface area contributed by atoms with Crippen molar-refractivity contribution in [2.75, 3.05) is 18.9 Å². The third kappa shape index (κ3) is 3.11. The summed E-state index contributed by atoms with van der Waals surface area (Å²) in [6.45, 7) is 9.54. The molecule has 0 radical (unpaired) electrons. The number of thiophene rings is 1. The summed E-state index contributed by atoms with van der Waals surface area (Å²) in [5.74, 6) is 7.33. The molecule has 0 spiro atoms. The van der Waals surface area contributed by atoms with Crippen LogP contribution in [0.25, 0.3) is 10.2 Å². The molecule has 1 aliphatic rings. The summed E-state index contributed by atoms with van der Waals surface area (Å²) < 4.78 is 7.08. The molecule has 7 heteroatoms. The van der Waals surface area contributed by atoms with E-state index in [0.717, 1.165) is 58.0 Å². The largest absolute Gasteiger partial charge is 0.485 e. The summed E-state index contributed by atoms with van der Waals surface area (Å²) in [6, 6.07) is 5.92. The van der Waals surface area contributed by atoms with Gasteiger partial charge in [-0.25, -0.2) is 9.66 Å². The molecular weight excluding hydrogens is 360 g/mol. The van der Waals surface area contributed by atoms with E-state index in [9.17, 15) is 4.79 Å². The zero-order valence-corrected chi connectivity index (χ0v) is 16.8. The molecule has 0 fully saturated rings. The van der Waals surface area contributed by atoms with Crippen LogP contribution in [0, 0.1) is 13.8 Å². The molecule has 0 bridgehead atoms. The molecule has 1 atom stereocenters. The number of hydrogen-bond donors (Lipinski definition) is 2. The van der Waals surface area contributed by atoms with Crippen molar-refractivity contribution in [2.24, 2.45) is 0 Å². The number of quaternary nitrogens is 1. The molecule has 0 saturated carbocycles. The molecule has 3 heterocycles. The predicted molar refractivity (Wildman–Crippen MR) is 108 cm³/mol. The van der Waals surface area contributed by atoms with Gasteiger partial charge in [0.2, 0.25) is 0 Å². The van der Waals surface area contributed by atoms with Crippen molar-refractivity contribution in [1.29, 1.82) is 0 Å². The first-order valence-corrected chi connectivity index (χ1v) is 10.1. The number of nitrogen functional groups attached to an aromatic ring is 1. The smallest absolute Gasteiger partial charge is 0.281 e. The van der Waals surface area contributed by atoms with Gasteiger partial charge in [0, 0.05) is 6.42 Å². The standard InChI is InChI=1S/C20H24N4O2S/c1-4-23-9-8-14-16(10-23)27-19-18(14)20(25)24(21)17(22-19)11-26-15-7-5-6-12(2)13(15)3/h5-7H,4,8-11,21H2,1-3H3/p+1. The number of aromatic nitrogens is 2. The third-order valence-corrected chi connectivity index (χ3v) is 6.69. The maximum atomic E-state index is 12.9. The Morgan fingerprint density at radius 1 is 1.37 bits per heavy atom. The molecule has 142 valence electrons. The maximum absolute atomic E-state index is 12.9. The lowest BCUT2D eigenvalue weighted by Gasteiger charge is -2.22. The number of benzene rings is 1.